The standard InChI is InChI=1S/C26H35NO5/c1-3-5-6-7-8-9-18-32-25-16-12-22(13-17-25)26(28)19-23(20-27(29)30)21-10-14-24(15-11-21)31-4-2/h10-17,23H,3-9,18-20H2,1-2H3. The van der Waals surface area contributed by atoms with Crippen molar-refractivity contribution >= 4 is 5.78 Å². The van der Waals surface area contributed by atoms with Crippen LogP contribution in [0.25, 0.3) is 0 Å². The maximum atomic E-state index is 12.8. The molecular formula is C26H35NO5. The largest absolute Gasteiger partial charge is 0.494 e. The van der Waals surface area contributed by atoms with Gasteiger partial charge in [-0.2, -0.15) is 0 Å². The topological polar surface area (TPSA) is 78.7 Å². The number of nitro groups is 1. The lowest BCUT2D eigenvalue weighted by Gasteiger charge is -2.14. The summed E-state index contributed by atoms with van der Waals surface area (Å²) in [5.41, 5.74) is 1.30. The van der Waals surface area contributed by atoms with Crippen LogP contribution in [0, 0.1) is 10.1 Å². The van der Waals surface area contributed by atoms with Crippen molar-refractivity contribution < 1.29 is 19.2 Å². The summed E-state index contributed by atoms with van der Waals surface area (Å²) >= 11 is 0. The Morgan fingerprint density at radius 3 is 2.09 bits per heavy atom. The summed E-state index contributed by atoms with van der Waals surface area (Å²) in [6.07, 6.45) is 7.32. The highest BCUT2D eigenvalue weighted by atomic mass is 16.6. The van der Waals surface area contributed by atoms with E-state index in [-0.39, 0.29) is 23.7 Å². The highest BCUT2D eigenvalue weighted by Gasteiger charge is 2.22. The summed E-state index contributed by atoms with van der Waals surface area (Å²) < 4.78 is 11.2. The first-order chi connectivity index (χ1) is 15.5. The fourth-order valence-electron chi connectivity index (χ4n) is 3.62. The lowest BCUT2D eigenvalue weighted by Crippen LogP contribution is -2.16. The lowest BCUT2D eigenvalue weighted by atomic mass is 9.91. The van der Waals surface area contributed by atoms with Gasteiger partial charge in [-0.05, 0) is 55.3 Å². The smallest absolute Gasteiger partial charge is 0.211 e. The summed E-state index contributed by atoms with van der Waals surface area (Å²) in [6.45, 7) is 5.03. The second-order valence-corrected chi connectivity index (χ2v) is 7.98. The Labute approximate surface area is 191 Å². The average Bonchev–Trinajstić information content (AvgIpc) is 2.79. The molecule has 1 atom stereocenters. The van der Waals surface area contributed by atoms with Crippen LogP contribution in [0.3, 0.4) is 0 Å². The molecule has 0 heterocycles. The van der Waals surface area contributed by atoms with Crippen LogP contribution in [0.5, 0.6) is 11.5 Å². The van der Waals surface area contributed by atoms with Gasteiger partial charge in [-0.1, -0.05) is 51.2 Å². The van der Waals surface area contributed by atoms with Crippen LogP contribution in [0.1, 0.15) is 80.6 Å². The molecule has 0 aliphatic heterocycles. The molecule has 174 valence electrons. The third-order valence-corrected chi connectivity index (χ3v) is 5.41. The minimum Gasteiger partial charge on any atom is -0.494 e. The number of carbonyl (C=O) groups is 1. The molecule has 2 aromatic carbocycles. The molecule has 0 radical (unpaired) electrons. The van der Waals surface area contributed by atoms with E-state index in [2.05, 4.69) is 6.92 Å². The van der Waals surface area contributed by atoms with E-state index in [1.54, 1.807) is 48.5 Å². The summed E-state index contributed by atoms with van der Waals surface area (Å²) in [6, 6.07) is 14.2. The van der Waals surface area contributed by atoms with Gasteiger partial charge in [-0.3, -0.25) is 14.9 Å². The predicted molar refractivity (Wildman–Crippen MR) is 126 cm³/mol. The van der Waals surface area contributed by atoms with Gasteiger partial charge >= 0.3 is 0 Å². The maximum absolute atomic E-state index is 12.8. The quantitative estimate of drug-likeness (QED) is 0.129. The lowest BCUT2D eigenvalue weighted by molar-refractivity contribution is -0.483. The number of ether oxygens (including phenoxy) is 2. The van der Waals surface area contributed by atoms with Crippen molar-refractivity contribution in [2.24, 2.45) is 0 Å². The Morgan fingerprint density at radius 1 is 0.875 bits per heavy atom. The Balaban J connectivity index is 1.89. The number of rotatable bonds is 16. The van der Waals surface area contributed by atoms with Gasteiger partial charge in [0.25, 0.3) is 0 Å². The van der Waals surface area contributed by atoms with Crippen LogP contribution < -0.4 is 9.47 Å². The fraction of sp³-hybridized carbons (Fsp3) is 0.500. The van der Waals surface area contributed by atoms with E-state index in [9.17, 15) is 14.9 Å². The normalized spacial score (nSPS) is 11.7. The molecular weight excluding hydrogens is 406 g/mol. The number of hydrogen-bond donors (Lipinski definition) is 0. The van der Waals surface area contributed by atoms with Crippen molar-refractivity contribution in [1.82, 2.24) is 0 Å². The highest BCUT2D eigenvalue weighted by Crippen LogP contribution is 2.25. The Morgan fingerprint density at radius 2 is 1.47 bits per heavy atom. The third kappa shape index (κ3) is 9.08. The van der Waals surface area contributed by atoms with Crippen molar-refractivity contribution in [3.05, 3.63) is 69.8 Å². The zero-order valence-electron chi connectivity index (χ0n) is 19.3. The molecule has 1 unspecified atom stereocenters. The number of carbonyl (C=O) groups excluding carboxylic acids is 1. The average molecular weight is 442 g/mol. The van der Waals surface area contributed by atoms with Crippen molar-refractivity contribution in [1.29, 1.82) is 0 Å². The molecule has 0 aliphatic carbocycles. The van der Waals surface area contributed by atoms with Gasteiger partial charge in [0.05, 0.1) is 19.1 Å². The van der Waals surface area contributed by atoms with E-state index in [4.69, 9.17) is 9.47 Å². The minimum absolute atomic E-state index is 0.0763. The SMILES string of the molecule is CCCCCCCCOc1ccc(C(=O)CC(C[N+](=O)[O-])c2ccc(OCC)cc2)cc1. The molecule has 6 heteroatoms. The van der Waals surface area contributed by atoms with Crippen molar-refractivity contribution in [2.75, 3.05) is 19.8 Å². The maximum Gasteiger partial charge on any atom is 0.211 e. The fourth-order valence-corrected chi connectivity index (χ4v) is 3.62. The number of benzene rings is 2. The van der Waals surface area contributed by atoms with E-state index < -0.39 is 5.92 Å². The predicted octanol–water partition coefficient (Wildman–Crippen LogP) is 6.46. The summed E-state index contributed by atoms with van der Waals surface area (Å²) in [4.78, 5) is 23.6. The molecule has 0 saturated carbocycles. The first kappa shape index (κ1) is 25.4. The summed E-state index contributed by atoms with van der Waals surface area (Å²) in [5.74, 6) is 0.840. The number of Topliss-reactive ketones (excluding diaryl/α,β-unsaturated/α-hetero) is 1. The Kier molecular flexibility index (Phi) is 11.3. The molecule has 0 amide bonds. The van der Waals surface area contributed by atoms with Crippen LogP contribution >= 0.6 is 0 Å². The first-order valence-electron chi connectivity index (χ1n) is 11.6. The molecule has 0 spiro atoms. The van der Waals surface area contributed by atoms with E-state index in [1.807, 2.05) is 6.92 Å². The van der Waals surface area contributed by atoms with E-state index >= 15 is 0 Å². The third-order valence-electron chi connectivity index (χ3n) is 5.41. The Hall–Kier alpha value is -2.89. The molecule has 32 heavy (non-hydrogen) atoms. The molecule has 0 saturated heterocycles. The van der Waals surface area contributed by atoms with E-state index in [1.165, 1.54) is 32.1 Å². The molecule has 0 N–H and O–H groups in total. The van der Waals surface area contributed by atoms with Gasteiger partial charge in [0.15, 0.2) is 5.78 Å². The second-order valence-electron chi connectivity index (χ2n) is 7.98. The molecule has 0 aromatic heterocycles. The van der Waals surface area contributed by atoms with Crippen molar-refractivity contribution in [3.63, 3.8) is 0 Å². The Bertz CT molecular complexity index is 817. The molecule has 0 bridgehead atoms. The molecule has 0 aliphatic rings. The van der Waals surface area contributed by atoms with Crippen LogP contribution in [0.15, 0.2) is 48.5 Å². The van der Waals surface area contributed by atoms with E-state index in [0.29, 0.717) is 24.5 Å². The van der Waals surface area contributed by atoms with Gasteiger partial charge in [-0.15, -0.1) is 0 Å². The monoisotopic (exact) mass is 441 g/mol. The van der Waals surface area contributed by atoms with Crippen LogP contribution in [0.2, 0.25) is 0 Å². The van der Waals surface area contributed by atoms with E-state index in [0.717, 1.165) is 17.7 Å². The van der Waals surface area contributed by atoms with Gasteiger partial charge in [0.2, 0.25) is 6.54 Å². The van der Waals surface area contributed by atoms with Crippen LogP contribution in [-0.4, -0.2) is 30.5 Å². The summed E-state index contributed by atoms with van der Waals surface area (Å²) in [7, 11) is 0. The highest BCUT2D eigenvalue weighted by molar-refractivity contribution is 5.96. The zero-order valence-corrected chi connectivity index (χ0v) is 19.3. The van der Waals surface area contributed by atoms with Gasteiger partial charge < -0.3 is 9.47 Å². The summed E-state index contributed by atoms with van der Waals surface area (Å²) in [5, 5.41) is 11.2. The van der Waals surface area contributed by atoms with Crippen LogP contribution in [0.4, 0.5) is 0 Å². The number of hydrogen-bond acceptors (Lipinski definition) is 5. The molecule has 2 aromatic rings. The second kappa shape index (κ2) is 14.2. The van der Waals surface area contributed by atoms with Gasteiger partial charge in [-0.25, -0.2) is 0 Å². The number of nitrogens with zero attached hydrogens (tertiary/aromatic N) is 1. The number of ketones is 1. The molecule has 6 nitrogen and oxygen atoms in total. The molecule has 2 rings (SSSR count). The van der Waals surface area contributed by atoms with Crippen molar-refractivity contribution in [2.45, 2.75) is 64.7 Å². The van der Waals surface area contributed by atoms with Crippen molar-refractivity contribution in [3.8, 4) is 11.5 Å². The van der Waals surface area contributed by atoms with Gasteiger partial charge in [0, 0.05) is 16.9 Å². The number of unbranched alkanes of at least 4 members (excludes halogenated alkanes) is 5. The zero-order chi connectivity index (χ0) is 23.2. The van der Waals surface area contributed by atoms with Gasteiger partial charge in [0.1, 0.15) is 11.5 Å². The molecule has 0 fully saturated rings. The minimum atomic E-state index is -0.489. The van der Waals surface area contributed by atoms with Crippen LogP contribution in [-0.2, 0) is 0 Å². The first-order valence-corrected chi connectivity index (χ1v) is 11.6.